The Morgan fingerprint density at radius 3 is 2.61 bits per heavy atom. The van der Waals surface area contributed by atoms with Gasteiger partial charge in [0.25, 0.3) is 0 Å². The Hall–Kier alpha value is -4.21. The van der Waals surface area contributed by atoms with Gasteiger partial charge in [0.1, 0.15) is 23.3 Å². The third-order valence-electron chi connectivity index (χ3n) is 7.12. The first-order chi connectivity index (χ1) is 19.9. The molecule has 0 bridgehead atoms. The molecule has 3 N–H and O–H groups in total. The fraction of sp³-hybridized carbons (Fsp3) is 0.290. The van der Waals surface area contributed by atoms with Crippen LogP contribution in [0.5, 0.6) is 11.5 Å². The number of hydrogen-bond acceptors (Lipinski definition) is 7. The van der Waals surface area contributed by atoms with E-state index in [0.717, 1.165) is 33.3 Å². The number of nitrogens with zero attached hydrogens (tertiary/aromatic N) is 2. The highest BCUT2D eigenvalue weighted by molar-refractivity contribution is 6.31. The van der Waals surface area contributed by atoms with Crippen LogP contribution in [-0.2, 0) is 11.2 Å². The topological polar surface area (TPSA) is 120 Å². The zero-order chi connectivity index (χ0) is 28.8. The molecule has 1 aromatic heterocycles. The number of ketones is 1. The molecule has 212 valence electrons. The first-order valence-electron chi connectivity index (χ1n) is 13.6. The summed E-state index contributed by atoms with van der Waals surface area (Å²) in [6.45, 7) is 3.80. The number of aromatic amines is 1. The number of aryl methyl sites for hydroxylation is 1. The average Bonchev–Trinajstić information content (AvgIpc) is 3.34. The number of Topliss-reactive ketones (excluding diaryl/α,β-unsaturated/α-hetero) is 1. The number of rotatable bonds is 11. The van der Waals surface area contributed by atoms with Gasteiger partial charge in [0.15, 0.2) is 0 Å². The Morgan fingerprint density at radius 1 is 1.10 bits per heavy atom. The number of amides is 1. The van der Waals surface area contributed by atoms with Crippen molar-refractivity contribution in [2.75, 3.05) is 32.8 Å². The maximum atomic E-state index is 13.5. The summed E-state index contributed by atoms with van der Waals surface area (Å²) in [5.41, 5.74) is 11.8. The van der Waals surface area contributed by atoms with E-state index in [2.05, 4.69) is 15.4 Å². The largest absolute Gasteiger partial charge is 0.493 e. The third-order valence-corrected chi connectivity index (χ3v) is 7.35. The fourth-order valence-corrected chi connectivity index (χ4v) is 5.22. The van der Waals surface area contributed by atoms with Gasteiger partial charge in [-0.1, -0.05) is 41.4 Å². The van der Waals surface area contributed by atoms with Crippen molar-refractivity contribution < 1.29 is 19.1 Å². The molecule has 0 fully saturated rings. The van der Waals surface area contributed by atoms with E-state index in [1.54, 1.807) is 17.0 Å². The molecule has 0 spiro atoms. The van der Waals surface area contributed by atoms with Crippen LogP contribution >= 0.6 is 11.6 Å². The Balaban J connectivity index is 1.35. The van der Waals surface area contributed by atoms with Crippen molar-refractivity contribution in [3.8, 4) is 11.5 Å². The van der Waals surface area contributed by atoms with Crippen LogP contribution in [0.2, 0.25) is 5.02 Å². The normalized spacial score (nSPS) is 14.5. The monoisotopic (exact) mass is 573 g/mol. The van der Waals surface area contributed by atoms with Gasteiger partial charge in [-0.3, -0.25) is 9.69 Å². The van der Waals surface area contributed by atoms with Crippen LogP contribution < -0.4 is 14.8 Å². The number of aromatic nitrogens is 1. The Morgan fingerprint density at radius 2 is 1.85 bits per heavy atom. The third kappa shape index (κ3) is 6.75. The number of ether oxygens (including phenoxy) is 2. The van der Waals surface area contributed by atoms with Crippen molar-refractivity contribution in [2.45, 2.75) is 25.8 Å². The van der Waals surface area contributed by atoms with Gasteiger partial charge in [-0.25, -0.2) is 10.3 Å². The summed E-state index contributed by atoms with van der Waals surface area (Å²) in [4.78, 5) is 30.8. The minimum atomic E-state index is -0.426. The van der Waals surface area contributed by atoms with Crippen molar-refractivity contribution in [3.05, 3.63) is 94.1 Å². The van der Waals surface area contributed by atoms with Crippen molar-refractivity contribution in [3.63, 3.8) is 0 Å². The van der Waals surface area contributed by atoms with E-state index in [4.69, 9.17) is 26.6 Å². The molecule has 1 atom stereocenters. The summed E-state index contributed by atoms with van der Waals surface area (Å²) in [6.07, 6.45) is 0.511. The molecule has 1 aliphatic rings. The number of hydrogen-bond donors (Lipinski definition) is 3. The van der Waals surface area contributed by atoms with Gasteiger partial charge in [0.2, 0.25) is 0 Å². The van der Waals surface area contributed by atoms with E-state index in [9.17, 15) is 9.59 Å². The van der Waals surface area contributed by atoms with Crippen LogP contribution in [0, 0.1) is 12.5 Å². The molecule has 0 saturated heterocycles. The number of H-pyrrole nitrogens is 1. The van der Waals surface area contributed by atoms with Crippen LogP contribution in [-0.4, -0.2) is 54.5 Å². The van der Waals surface area contributed by atoms with Crippen molar-refractivity contribution in [1.29, 1.82) is 5.53 Å². The molecule has 1 unspecified atom stereocenters. The van der Waals surface area contributed by atoms with Crippen molar-refractivity contribution >= 4 is 34.4 Å². The van der Waals surface area contributed by atoms with Gasteiger partial charge < -0.3 is 19.8 Å². The van der Waals surface area contributed by atoms with Crippen LogP contribution in [0.4, 0.5) is 4.79 Å². The molecule has 2 heterocycles. The van der Waals surface area contributed by atoms with Gasteiger partial charge in [-0.2, -0.15) is 5.11 Å². The van der Waals surface area contributed by atoms with Gasteiger partial charge in [-0.15, -0.1) is 0 Å². The van der Waals surface area contributed by atoms with Crippen LogP contribution in [0.15, 0.2) is 71.8 Å². The SMILES string of the molecule is Cc1ccc(OC(=O)N2CCc3c([nH]c4ccc(Cl)cc34)C2c2ccc(OCCC(=O)CNCCN=N)cc2)cc1. The Labute approximate surface area is 243 Å². The highest BCUT2D eigenvalue weighted by Crippen LogP contribution is 2.40. The summed E-state index contributed by atoms with van der Waals surface area (Å²) in [5.74, 6) is 1.16. The predicted octanol–water partition coefficient (Wildman–Crippen LogP) is 6.23. The second-order valence-electron chi connectivity index (χ2n) is 10.00. The quantitative estimate of drug-likeness (QED) is 0.145. The molecule has 1 amide bonds. The van der Waals surface area contributed by atoms with E-state index in [-0.39, 0.29) is 25.4 Å². The van der Waals surface area contributed by atoms with E-state index in [1.165, 1.54) is 0 Å². The number of fused-ring (bicyclic) bond motifs is 3. The maximum absolute atomic E-state index is 13.5. The number of carbonyl (C=O) groups excluding carboxylic acids is 2. The summed E-state index contributed by atoms with van der Waals surface area (Å²) in [7, 11) is 0. The summed E-state index contributed by atoms with van der Waals surface area (Å²) in [6, 6.07) is 20.4. The zero-order valence-corrected chi connectivity index (χ0v) is 23.5. The minimum absolute atomic E-state index is 0.0305. The summed E-state index contributed by atoms with van der Waals surface area (Å²) < 4.78 is 11.6. The molecule has 0 saturated carbocycles. The average molecular weight is 574 g/mol. The zero-order valence-electron chi connectivity index (χ0n) is 22.8. The van der Waals surface area contributed by atoms with Gasteiger partial charge in [0, 0.05) is 41.1 Å². The van der Waals surface area contributed by atoms with E-state index >= 15 is 0 Å². The lowest BCUT2D eigenvalue weighted by molar-refractivity contribution is -0.118. The summed E-state index contributed by atoms with van der Waals surface area (Å²) >= 11 is 6.32. The molecular weight excluding hydrogens is 542 g/mol. The molecule has 5 rings (SSSR count). The minimum Gasteiger partial charge on any atom is -0.493 e. The van der Waals surface area contributed by atoms with Gasteiger partial charge in [-0.05, 0) is 66.9 Å². The van der Waals surface area contributed by atoms with E-state index in [1.807, 2.05) is 61.5 Å². The highest BCUT2D eigenvalue weighted by atomic mass is 35.5. The molecule has 3 aromatic carbocycles. The lowest BCUT2D eigenvalue weighted by Crippen LogP contribution is -2.42. The number of halogens is 1. The first-order valence-corrected chi connectivity index (χ1v) is 13.9. The Kier molecular flexibility index (Phi) is 8.96. The van der Waals surface area contributed by atoms with Crippen molar-refractivity contribution in [2.24, 2.45) is 5.11 Å². The molecule has 10 heteroatoms. The predicted molar refractivity (Wildman–Crippen MR) is 157 cm³/mol. The molecule has 9 nitrogen and oxygen atoms in total. The number of benzene rings is 3. The standard InChI is InChI=1S/C31H32ClN5O4/c1-20-2-7-25(8-3-20)41-31(39)37-16-12-26-27-18-22(32)6-11-28(27)36-29(26)30(37)21-4-9-24(10-5-21)40-17-13-23(38)19-34-14-15-35-33/h2-11,18,30,33-34,36H,12-17,19H2,1H3. The molecule has 0 aliphatic carbocycles. The highest BCUT2D eigenvalue weighted by Gasteiger charge is 2.35. The van der Waals surface area contributed by atoms with E-state index < -0.39 is 12.1 Å². The lowest BCUT2D eigenvalue weighted by atomic mass is 9.92. The van der Waals surface area contributed by atoms with Crippen LogP contribution in [0.1, 0.15) is 34.8 Å². The summed E-state index contributed by atoms with van der Waals surface area (Å²) in [5, 5.41) is 7.93. The molecule has 1 aliphatic heterocycles. The first kappa shape index (κ1) is 28.3. The lowest BCUT2D eigenvalue weighted by Gasteiger charge is -2.35. The molecule has 0 radical (unpaired) electrons. The van der Waals surface area contributed by atoms with Gasteiger partial charge in [0.05, 0.1) is 19.7 Å². The number of nitrogens with one attached hydrogen (secondary N) is 3. The smallest absolute Gasteiger partial charge is 0.416 e. The fourth-order valence-electron chi connectivity index (χ4n) is 5.05. The molecule has 41 heavy (non-hydrogen) atoms. The van der Waals surface area contributed by atoms with Crippen LogP contribution in [0.25, 0.3) is 10.9 Å². The van der Waals surface area contributed by atoms with Crippen molar-refractivity contribution in [1.82, 2.24) is 15.2 Å². The second-order valence-corrected chi connectivity index (χ2v) is 10.4. The van der Waals surface area contributed by atoms with Gasteiger partial charge >= 0.3 is 6.09 Å². The molecule has 4 aromatic rings. The van der Waals surface area contributed by atoms with E-state index in [0.29, 0.717) is 42.6 Å². The Bertz CT molecular complexity index is 1530. The number of carbonyl (C=O) groups is 2. The maximum Gasteiger partial charge on any atom is 0.416 e. The second kappa shape index (κ2) is 13.0. The molecular formula is C31H32ClN5O4. The van der Waals surface area contributed by atoms with Crippen LogP contribution in [0.3, 0.4) is 0 Å².